The fourth-order valence-electron chi connectivity index (χ4n) is 0.365. The molecule has 0 aromatic carbocycles. The molecule has 0 saturated carbocycles. The predicted octanol–water partition coefficient (Wildman–Crippen LogP) is 0.102. The monoisotopic (exact) mass is 150 g/mol. The number of hydrogen-bond donors (Lipinski definition) is 0. The van der Waals surface area contributed by atoms with E-state index < -0.39 is 10.0 Å². The van der Waals surface area contributed by atoms with E-state index in [0.717, 1.165) is 0 Å². The highest BCUT2D eigenvalue weighted by Gasteiger charge is 2.10. The Morgan fingerprint density at radius 1 is 1.44 bits per heavy atom. The second-order valence-electron chi connectivity index (χ2n) is 1.95. The first-order chi connectivity index (χ1) is 4.00. The van der Waals surface area contributed by atoms with Crippen molar-refractivity contribution in [1.29, 1.82) is 0 Å². The van der Waals surface area contributed by atoms with E-state index >= 15 is 0 Å². The zero-order valence-corrected chi connectivity index (χ0v) is 6.61. The van der Waals surface area contributed by atoms with Crippen LogP contribution in [0, 0.1) is 6.92 Å². The molecule has 0 aliphatic rings. The molecule has 0 bridgehead atoms. The van der Waals surface area contributed by atoms with E-state index in [9.17, 15) is 8.42 Å². The number of sulfonamides is 1. The number of hydrogen-bond acceptors (Lipinski definition) is 2. The minimum atomic E-state index is -2.98. The van der Waals surface area contributed by atoms with Gasteiger partial charge in [-0.05, 0) is 6.42 Å². The number of rotatable bonds is 3. The van der Waals surface area contributed by atoms with Crippen LogP contribution in [0.1, 0.15) is 6.42 Å². The minimum absolute atomic E-state index is 0.139. The fraction of sp³-hybridized carbons (Fsp3) is 0.800. The van der Waals surface area contributed by atoms with Crippen molar-refractivity contribution in [3.05, 3.63) is 6.92 Å². The maximum absolute atomic E-state index is 10.8. The maximum Gasteiger partial charge on any atom is 0.213 e. The van der Waals surface area contributed by atoms with Gasteiger partial charge in [0.25, 0.3) is 0 Å². The van der Waals surface area contributed by atoms with Crippen molar-refractivity contribution in [3.63, 3.8) is 0 Å². The Balaban J connectivity index is 4.05. The molecule has 0 rings (SSSR count). The van der Waals surface area contributed by atoms with Gasteiger partial charge in [-0.1, -0.05) is 6.92 Å². The molecule has 1 radical (unpaired) electrons. The largest absolute Gasteiger partial charge is 0.213 e. The van der Waals surface area contributed by atoms with Crippen molar-refractivity contribution >= 4 is 10.0 Å². The van der Waals surface area contributed by atoms with Crippen LogP contribution in [0.5, 0.6) is 0 Å². The molecule has 4 heteroatoms. The summed E-state index contributed by atoms with van der Waals surface area (Å²) in [5.74, 6) is 0.139. The Bertz CT molecular complexity index is 160. The summed E-state index contributed by atoms with van der Waals surface area (Å²) in [7, 11) is 0.0603. The molecular formula is C5H12NO2S. The first kappa shape index (κ1) is 8.91. The fourth-order valence-corrected chi connectivity index (χ4v) is 1.09. The van der Waals surface area contributed by atoms with E-state index in [1.54, 1.807) is 0 Å². The lowest BCUT2D eigenvalue weighted by Gasteiger charge is -2.08. The highest BCUT2D eigenvalue weighted by Crippen LogP contribution is 1.94. The third-order valence-electron chi connectivity index (χ3n) is 0.959. The molecule has 0 aromatic rings. The lowest BCUT2D eigenvalue weighted by Crippen LogP contribution is -2.24. The first-order valence-electron chi connectivity index (χ1n) is 2.70. The highest BCUT2D eigenvalue weighted by molar-refractivity contribution is 7.89. The van der Waals surface area contributed by atoms with Crippen molar-refractivity contribution in [2.45, 2.75) is 6.42 Å². The van der Waals surface area contributed by atoms with E-state index in [1.807, 2.05) is 0 Å². The average molecular weight is 150 g/mol. The molecule has 0 fully saturated rings. The van der Waals surface area contributed by atoms with Crippen molar-refractivity contribution in [2.75, 3.05) is 19.8 Å². The van der Waals surface area contributed by atoms with Crippen LogP contribution >= 0.6 is 0 Å². The first-order valence-corrected chi connectivity index (χ1v) is 4.31. The second kappa shape index (κ2) is 3.17. The predicted molar refractivity (Wildman–Crippen MR) is 37.4 cm³/mol. The molecular weight excluding hydrogens is 138 g/mol. The summed E-state index contributed by atoms with van der Waals surface area (Å²) in [5.41, 5.74) is 0. The van der Waals surface area contributed by atoms with Crippen LogP contribution in [0.3, 0.4) is 0 Å². The summed E-state index contributed by atoms with van der Waals surface area (Å²) in [6.45, 7) is 3.45. The Kier molecular flexibility index (Phi) is 3.14. The molecule has 0 aliphatic carbocycles. The molecule has 0 N–H and O–H groups in total. The molecule has 0 saturated heterocycles. The summed E-state index contributed by atoms with van der Waals surface area (Å²) < 4.78 is 22.8. The Labute approximate surface area is 56.7 Å². The summed E-state index contributed by atoms with van der Waals surface area (Å²) in [6, 6.07) is 0. The summed E-state index contributed by atoms with van der Waals surface area (Å²) in [6.07, 6.45) is 0.431. The van der Waals surface area contributed by atoms with E-state index in [4.69, 9.17) is 0 Å². The molecule has 0 atom stereocenters. The van der Waals surface area contributed by atoms with Crippen molar-refractivity contribution in [2.24, 2.45) is 0 Å². The molecule has 3 nitrogen and oxygen atoms in total. The van der Waals surface area contributed by atoms with Crippen LogP contribution < -0.4 is 0 Å². The SMILES string of the molecule is [CH2]CCS(=O)(=O)N(C)C. The van der Waals surface area contributed by atoms with E-state index in [0.29, 0.717) is 6.42 Å². The van der Waals surface area contributed by atoms with Crippen LogP contribution in [0.4, 0.5) is 0 Å². The zero-order chi connectivity index (χ0) is 7.49. The van der Waals surface area contributed by atoms with E-state index in [1.165, 1.54) is 18.4 Å². The second-order valence-corrected chi connectivity index (χ2v) is 4.25. The van der Waals surface area contributed by atoms with Crippen LogP contribution in [0.2, 0.25) is 0 Å². The summed E-state index contributed by atoms with van der Waals surface area (Å²) >= 11 is 0. The van der Waals surface area contributed by atoms with Crippen LogP contribution in [-0.4, -0.2) is 32.6 Å². The smallest absolute Gasteiger partial charge is 0.212 e. The van der Waals surface area contributed by atoms with Gasteiger partial charge >= 0.3 is 0 Å². The van der Waals surface area contributed by atoms with Gasteiger partial charge in [-0.15, -0.1) is 0 Å². The molecule has 0 aromatic heterocycles. The van der Waals surface area contributed by atoms with Gasteiger partial charge in [-0.2, -0.15) is 0 Å². The minimum Gasteiger partial charge on any atom is -0.212 e. The van der Waals surface area contributed by atoms with Crippen LogP contribution in [0.15, 0.2) is 0 Å². The molecule has 0 amide bonds. The quantitative estimate of drug-likeness (QED) is 0.572. The summed E-state index contributed by atoms with van der Waals surface area (Å²) in [4.78, 5) is 0. The van der Waals surface area contributed by atoms with Gasteiger partial charge in [0.05, 0.1) is 5.75 Å². The molecule has 55 valence electrons. The molecule has 0 heterocycles. The Hall–Kier alpha value is -0.0900. The molecule has 0 aliphatic heterocycles. The van der Waals surface area contributed by atoms with Crippen molar-refractivity contribution < 1.29 is 8.42 Å². The van der Waals surface area contributed by atoms with Crippen LogP contribution in [0.25, 0.3) is 0 Å². The van der Waals surface area contributed by atoms with E-state index in [2.05, 4.69) is 6.92 Å². The molecule has 0 unspecified atom stereocenters. The average Bonchev–Trinajstić information content (AvgIpc) is 1.65. The van der Waals surface area contributed by atoms with Gasteiger partial charge in [0.2, 0.25) is 10.0 Å². The zero-order valence-electron chi connectivity index (χ0n) is 5.79. The van der Waals surface area contributed by atoms with Gasteiger partial charge in [-0.25, -0.2) is 12.7 Å². The lowest BCUT2D eigenvalue weighted by atomic mass is 10.6. The summed E-state index contributed by atoms with van der Waals surface area (Å²) in [5, 5.41) is 0. The van der Waals surface area contributed by atoms with Gasteiger partial charge in [0, 0.05) is 14.1 Å². The van der Waals surface area contributed by atoms with Gasteiger partial charge < -0.3 is 0 Å². The van der Waals surface area contributed by atoms with Crippen LogP contribution in [-0.2, 0) is 10.0 Å². The van der Waals surface area contributed by atoms with Gasteiger partial charge in [0.15, 0.2) is 0 Å². The van der Waals surface area contributed by atoms with Gasteiger partial charge in [-0.3, -0.25) is 0 Å². The highest BCUT2D eigenvalue weighted by atomic mass is 32.2. The topological polar surface area (TPSA) is 37.4 Å². The third kappa shape index (κ3) is 2.81. The Morgan fingerprint density at radius 3 is 2.00 bits per heavy atom. The van der Waals surface area contributed by atoms with Crippen molar-refractivity contribution in [1.82, 2.24) is 4.31 Å². The van der Waals surface area contributed by atoms with E-state index in [-0.39, 0.29) is 5.75 Å². The van der Waals surface area contributed by atoms with Crippen molar-refractivity contribution in [3.8, 4) is 0 Å². The molecule has 0 spiro atoms. The maximum atomic E-state index is 10.8. The lowest BCUT2D eigenvalue weighted by molar-refractivity contribution is 0.520. The number of nitrogens with zero attached hydrogens (tertiary/aromatic N) is 1. The Morgan fingerprint density at radius 2 is 1.89 bits per heavy atom. The normalized spacial score (nSPS) is 12.4. The third-order valence-corrected chi connectivity index (χ3v) is 2.88. The van der Waals surface area contributed by atoms with Gasteiger partial charge in [0.1, 0.15) is 0 Å². The molecule has 9 heavy (non-hydrogen) atoms. The standard InChI is InChI=1S/C5H12NO2S/c1-4-5-9(7,8)6(2)3/h1,4-5H2,2-3H3.